The zero-order chi connectivity index (χ0) is 14.7. The molecule has 0 saturated heterocycles. The molecule has 1 aromatic heterocycles. The molecule has 1 aromatic carbocycles. The predicted octanol–water partition coefficient (Wildman–Crippen LogP) is 3.89. The Bertz CT molecular complexity index is 587. The van der Waals surface area contributed by atoms with Crippen LogP contribution < -0.4 is 5.32 Å². The first-order valence-corrected chi connectivity index (χ1v) is 7.37. The monoisotopic (exact) mass is 291 g/mol. The second-order valence-corrected chi connectivity index (χ2v) is 5.96. The lowest BCUT2D eigenvalue weighted by Crippen LogP contribution is -2.20. The molecule has 108 valence electrons. The van der Waals surface area contributed by atoms with Crippen LogP contribution in [0.4, 0.5) is 0 Å². The average Bonchev–Trinajstić information content (AvgIpc) is 2.70. The van der Waals surface area contributed by atoms with Crippen molar-refractivity contribution in [1.82, 2.24) is 14.9 Å². The zero-order valence-corrected chi connectivity index (χ0v) is 13.3. The van der Waals surface area contributed by atoms with Crippen LogP contribution in [0.5, 0.6) is 0 Å². The number of aryl methyl sites for hydroxylation is 1. The fraction of sp³-hybridized carbons (Fsp3) is 0.438. The first kappa shape index (κ1) is 15.1. The highest BCUT2D eigenvalue weighted by Gasteiger charge is 2.12. The summed E-state index contributed by atoms with van der Waals surface area (Å²) < 4.78 is 2.07. The van der Waals surface area contributed by atoms with Gasteiger partial charge in [-0.05, 0) is 37.9 Å². The van der Waals surface area contributed by atoms with Gasteiger partial charge in [0.1, 0.15) is 0 Å². The third kappa shape index (κ3) is 3.22. The van der Waals surface area contributed by atoms with Crippen molar-refractivity contribution in [2.75, 3.05) is 6.54 Å². The summed E-state index contributed by atoms with van der Waals surface area (Å²) in [4.78, 5) is 4.37. The Morgan fingerprint density at radius 1 is 1.30 bits per heavy atom. The van der Waals surface area contributed by atoms with Crippen LogP contribution in [0.2, 0.25) is 5.02 Å². The molecule has 4 heteroatoms. The maximum atomic E-state index is 6.41. The molecule has 1 heterocycles. The number of para-hydroxylation sites is 1. The van der Waals surface area contributed by atoms with E-state index in [4.69, 9.17) is 11.6 Å². The summed E-state index contributed by atoms with van der Waals surface area (Å²) in [6.07, 6.45) is 1.85. The van der Waals surface area contributed by atoms with Crippen LogP contribution in [0, 0.1) is 19.8 Å². The highest BCUT2D eigenvalue weighted by molar-refractivity contribution is 6.32. The van der Waals surface area contributed by atoms with Gasteiger partial charge in [-0.15, -0.1) is 0 Å². The highest BCUT2D eigenvalue weighted by atomic mass is 35.5. The first-order valence-electron chi connectivity index (χ1n) is 6.99. The minimum absolute atomic E-state index is 0.634. The Morgan fingerprint density at radius 3 is 2.65 bits per heavy atom. The van der Waals surface area contributed by atoms with Gasteiger partial charge in [-0.2, -0.15) is 0 Å². The minimum Gasteiger partial charge on any atom is -0.312 e. The predicted molar refractivity (Wildman–Crippen MR) is 84.6 cm³/mol. The molecular formula is C16H22ClN3. The zero-order valence-electron chi connectivity index (χ0n) is 12.6. The molecule has 0 saturated carbocycles. The van der Waals surface area contributed by atoms with Crippen molar-refractivity contribution in [2.24, 2.45) is 5.92 Å². The number of nitrogens with zero attached hydrogens (tertiary/aromatic N) is 2. The summed E-state index contributed by atoms with van der Waals surface area (Å²) in [5, 5.41) is 4.23. The summed E-state index contributed by atoms with van der Waals surface area (Å²) in [5.41, 5.74) is 4.39. The normalized spacial score (nSPS) is 11.3. The maximum Gasteiger partial charge on any atom is 0.0998 e. The topological polar surface area (TPSA) is 29.9 Å². The molecule has 2 aromatic rings. The molecule has 0 radical (unpaired) electrons. The second kappa shape index (κ2) is 6.42. The van der Waals surface area contributed by atoms with E-state index in [-0.39, 0.29) is 0 Å². The van der Waals surface area contributed by atoms with Crippen LogP contribution in [-0.2, 0) is 6.54 Å². The van der Waals surface area contributed by atoms with Crippen molar-refractivity contribution in [3.63, 3.8) is 0 Å². The molecule has 0 aliphatic rings. The SMILES string of the molecule is Cc1ncn(-c2c(Cl)cccc2CNCC(C)C)c1C. The Hall–Kier alpha value is -1.32. The molecule has 0 spiro atoms. The van der Waals surface area contributed by atoms with E-state index < -0.39 is 0 Å². The molecule has 0 aliphatic heterocycles. The summed E-state index contributed by atoms with van der Waals surface area (Å²) in [6, 6.07) is 6.04. The number of imidazole rings is 1. The smallest absolute Gasteiger partial charge is 0.0998 e. The van der Waals surface area contributed by atoms with Crippen molar-refractivity contribution in [2.45, 2.75) is 34.2 Å². The van der Waals surface area contributed by atoms with E-state index >= 15 is 0 Å². The van der Waals surface area contributed by atoms with E-state index in [2.05, 4.69) is 41.7 Å². The number of hydrogen-bond acceptors (Lipinski definition) is 2. The average molecular weight is 292 g/mol. The Balaban J connectivity index is 2.34. The van der Waals surface area contributed by atoms with Gasteiger partial charge in [0.15, 0.2) is 0 Å². The molecule has 0 unspecified atom stereocenters. The minimum atomic E-state index is 0.634. The first-order chi connectivity index (χ1) is 9.50. The van der Waals surface area contributed by atoms with Crippen molar-refractivity contribution in [3.05, 3.63) is 46.5 Å². The Morgan fingerprint density at radius 2 is 2.05 bits per heavy atom. The molecule has 0 bridgehead atoms. The summed E-state index contributed by atoms with van der Waals surface area (Å²) in [6.45, 7) is 10.3. The van der Waals surface area contributed by atoms with Crippen LogP contribution in [0.25, 0.3) is 5.69 Å². The van der Waals surface area contributed by atoms with Crippen molar-refractivity contribution >= 4 is 11.6 Å². The number of nitrogens with one attached hydrogen (secondary N) is 1. The molecule has 3 nitrogen and oxygen atoms in total. The Labute approximate surface area is 126 Å². The van der Waals surface area contributed by atoms with Gasteiger partial charge in [-0.1, -0.05) is 37.6 Å². The lowest BCUT2D eigenvalue weighted by atomic mass is 10.1. The van der Waals surface area contributed by atoms with Gasteiger partial charge in [-0.3, -0.25) is 0 Å². The molecular weight excluding hydrogens is 270 g/mol. The molecule has 0 amide bonds. The fourth-order valence-corrected chi connectivity index (χ4v) is 2.48. The van der Waals surface area contributed by atoms with Gasteiger partial charge >= 0.3 is 0 Å². The Kier molecular flexibility index (Phi) is 4.84. The lowest BCUT2D eigenvalue weighted by molar-refractivity contribution is 0.551. The number of halogens is 1. The molecule has 2 rings (SSSR count). The quantitative estimate of drug-likeness (QED) is 0.906. The van der Waals surface area contributed by atoms with Gasteiger partial charge in [0, 0.05) is 12.2 Å². The van der Waals surface area contributed by atoms with E-state index in [9.17, 15) is 0 Å². The number of aromatic nitrogens is 2. The van der Waals surface area contributed by atoms with Crippen LogP contribution in [0.15, 0.2) is 24.5 Å². The van der Waals surface area contributed by atoms with E-state index in [1.54, 1.807) is 0 Å². The fourth-order valence-electron chi connectivity index (χ4n) is 2.19. The van der Waals surface area contributed by atoms with Crippen molar-refractivity contribution in [1.29, 1.82) is 0 Å². The second-order valence-electron chi connectivity index (χ2n) is 5.56. The van der Waals surface area contributed by atoms with Crippen LogP contribution >= 0.6 is 11.6 Å². The standard InChI is InChI=1S/C16H22ClN3/c1-11(2)8-18-9-14-6-5-7-15(17)16(14)20-10-19-12(3)13(20)4/h5-7,10-11,18H,8-9H2,1-4H3. The van der Waals surface area contributed by atoms with Gasteiger partial charge in [0.05, 0.1) is 22.7 Å². The third-order valence-corrected chi connectivity index (χ3v) is 3.74. The number of rotatable bonds is 5. The van der Waals surface area contributed by atoms with E-state index in [0.29, 0.717) is 5.92 Å². The van der Waals surface area contributed by atoms with Gasteiger partial charge < -0.3 is 9.88 Å². The van der Waals surface area contributed by atoms with Crippen LogP contribution in [0.1, 0.15) is 30.8 Å². The van der Waals surface area contributed by atoms with Crippen LogP contribution in [-0.4, -0.2) is 16.1 Å². The molecule has 1 N–H and O–H groups in total. The maximum absolute atomic E-state index is 6.41. The molecule has 20 heavy (non-hydrogen) atoms. The van der Waals surface area contributed by atoms with Gasteiger partial charge in [-0.25, -0.2) is 4.98 Å². The largest absolute Gasteiger partial charge is 0.312 e. The van der Waals surface area contributed by atoms with E-state index in [1.165, 1.54) is 5.56 Å². The van der Waals surface area contributed by atoms with Crippen LogP contribution in [0.3, 0.4) is 0 Å². The lowest BCUT2D eigenvalue weighted by Gasteiger charge is -2.15. The summed E-state index contributed by atoms with van der Waals surface area (Å²) in [7, 11) is 0. The summed E-state index contributed by atoms with van der Waals surface area (Å²) >= 11 is 6.41. The van der Waals surface area contributed by atoms with Crippen molar-refractivity contribution in [3.8, 4) is 5.69 Å². The van der Waals surface area contributed by atoms with E-state index in [1.807, 2.05) is 25.4 Å². The number of benzene rings is 1. The van der Waals surface area contributed by atoms with Crippen molar-refractivity contribution < 1.29 is 0 Å². The van der Waals surface area contributed by atoms with E-state index in [0.717, 1.165) is 35.2 Å². The third-order valence-electron chi connectivity index (χ3n) is 3.43. The highest BCUT2D eigenvalue weighted by Crippen LogP contribution is 2.26. The molecule has 0 atom stereocenters. The number of hydrogen-bond donors (Lipinski definition) is 1. The van der Waals surface area contributed by atoms with Gasteiger partial charge in [0.2, 0.25) is 0 Å². The van der Waals surface area contributed by atoms with Gasteiger partial charge in [0.25, 0.3) is 0 Å². The molecule has 0 aliphatic carbocycles. The summed E-state index contributed by atoms with van der Waals surface area (Å²) in [5.74, 6) is 0.634. The molecule has 0 fully saturated rings.